The van der Waals surface area contributed by atoms with Crippen LogP contribution in [-0.2, 0) is 0 Å². The van der Waals surface area contributed by atoms with Crippen molar-refractivity contribution < 1.29 is 4.74 Å². The molecule has 1 aromatic heterocycles. The number of rotatable bonds is 4. The second-order valence-electron chi connectivity index (χ2n) is 3.95. The van der Waals surface area contributed by atoms with Gasteiger partial charge in [0, 0.05) is 0 Å². The van der Waals surface area contributed by atoms with E-state index >= 15 is 0 Å². The van der Waals surface area contributed by atoms with Crippen molar-refractivity contribution in [2.75, 3.05) is 6.61 Å². The van der Waals surface area contributed by atoms with Crippen molar-refractivity contribution in [3.63, 3.8) is 0 Å². The molecule has 0 saturated carbocycles. The van der Waals surface area contributed by atoms with E-state index in [0.717, 1.165) is 18.0 Å². The molecule has 0 fully saturated rings. The van der Waals surface area contributed by atoms with Crippen molar-refractivity contribution in [3.8, 4) is 11.4 Å². The Morgan fingerprint density at radius 3 is 2.56 bits per heavy atom. The Bertz CT molecular complexity index is 422. The van der Waals surface area contributed by atoms with Gasteiger partial charge in [-0.25, -0.2) is 4.68 Å². The highest BCUT2D eigenvalue weighted by molar-refractivity contribution is 5.36. The summed E-state index contributed by atoms with van der Waals surface area (Å²) in [6.07, 6.45) is 1.56. The first-order valence-electron chi connectivity index (χ1n) is 5.22. The van der Waals surface area contributed by atoms with Gasteiger partial charge in [0.05, 0.1) is 12.3 Å². The van der Waals surface area contributed by atoms with E-state index < -0.39 is 0 Å². The number of benzene rings is 1. The Kier molecular flexibility index (Phi) is 3.14. The van der Waals surface area contributed by atoms with Crippen LogP contribution in [0.2, 0.25) is 0 Å². The number of tetrazole rings is 1. The predicted molar refractivity (Wildman–Crippen MR) is 59.5 cm³/mol. The number of hydrogen-bond donors (Lipinski definition) is 0. The molecular formula is C11H14N4O. The van der Waals surface area contributed by atoms with Crippen molar-refractivity contribution in [2.24, 2.45) is 5.92 Å². The Morgan fingerprint density at radius 2 is 2.00 bits per heavy atom. The molecule has 16 heavy (non-hydrogen) atoms. The molecule has 0 aliphatic rings. The summed E-state index contributed by atoms with van der Waals surface area (Å²) in [6.45, 7) is 4.97. The molecule has 0 unspecified atom stereocenters. The fourth-order valence-corrected chi connectivity index (χ4v) is 1.24. The zero-order chi connectivity index (χ0) is 11.4. The Labute approximate surface area is 94.0 Å². The van der Waals surface area contributed by atoms with Crippen LogP contribution in [0.1, 0.15) is 13.8 Å². The Balaban J connectivity index is 2.05. The molecule has 0 aliphatic heterocycles. The molecule has 1 heterocycles. The largest absolute Gasteiger partial charge is 0.493 e. The zero-order valence-electron chi connectivity index (χ0n) is 9.37. The summed E-state index contributed by atoms with van der Waals surface area (Å²) in [5, 5.41) is 11.0. The molecule has 2 rings (SSSR count). The molecule has 2 aromatic rings. The Hall–Kier alpha value is -1.91. The minimum absolute atomic E-state index is 0.527. The van der Waals surface area contributed by atoms with Crippen LogP contribution in [-0.4, -0.2) is 26.8 Å². The van der Waals surface area contributed by atoms with E-state index in [1.165, 1.54) is 0 Å². The molecule has 84 valence electrons. The SMILES string of the molecule is CC(C)COc1ccc(-n2cnnn2)cc1. The summed E-state index contributed by atoms with van der Waals surface area (Å²) in [4.78, 5) is 0. The third-order valence-electron chi connectivity index (χ3n) is 2.03. The van der Waals surface area contributed by atoms with E-state index in [1.807, 2.05) is 24.3 Å². The monoisotopic (exact) mass is 218 g/mol. The van der Waals surface area contributed by atoms with Crippen LogP contribution in [0.15, 0.2) is 30.6 Å². The van der Waals surface area contributed by atoms with Gasteiger partial charge in [0.25, 0.3) is 0 Å². The van der Waals surface area contributed by atoms with Gasteiger partial charge in [-0.15, -0.1) is 5.10 Å². The van der Waals surface area contributed by atoms with Gasteiger partial charge < -0.3 is 4.74 Å². The maximum absolute atomic E-state index is 5.58. The van der Waals surface area contributed by atoms with Crippen LogP contribution >= 0.6 is 0 Å². The van der Waals surface area contributed by atoms with E-state index in [-0.39, 0.29) is 0 Å². The molecule has 0 atom stereocenters. The van der Waals surface area contributed by atoms with Crippen molar-refractivity contribution >= 4 is 0 Å². The van der Waals surface area contributed by atoms with Gasteiger partial charge in [-0.3, -0.25) is 0 Å². The lowest BCUT2D eigenvalue weighted by Crippen LogP contribution is -2.04. The summed E-state index contributed by atoms with van der Waals surface area (Å²) < 4.78 is 7.18. The fraction of sp³-hybridized carbons (Fsp3) is 0.364. The summed E-state index contributed by atoms with van der Waals surface area (Å²) in [6, 6.07) is 7.68. The summed E-state index contributed by atoms with van der Waals surface area (Å²) >= 11 is 0. The van der Waals surface area contributed by atoms with Gasteiger partial charge in [0.2, 0.25) is 0 Å². The van der Waals surface area contributed by atoms with E-state index in [9.17, 15) is 0 Å². The van der Waals surface area contributed by atoms with Crippen LogP contribution in [0, 0.1) is 5.92 Å². The van der Waals surface area contributed by atoms with Gasteiger partial charge in [-0.05, 0) is 40.6 Å². The van der Waals surface area contributed by atoms with Crippen molar-refractivity contribution in [3.05, 3.63) is 30.6 Å². The van der Waals surface area contributed by atoms with Crippen LogP contribution in [0.25, 0.3) is 5.69 Å². The molecule has 0 amide bonds. The minimum Gasteiger partial charge on any atom is -0.493 e. The molecule has 0 N–H and O–H groups in total. The molecular weight excluding hydrogens is 204 g/mol. The molecule has 5 heteroatoms. The number of hydrogen-bond acceptors (Lipinski definition) is 4. The average molecular weight is 218 g/mol. The topological polar surface area (TPSA) is 52.8 Å². The van der Waals surface area contributed by atoms with Crippen molar-refractivity contribution in [1.29, 1.82) is 0 Å². The van der Waals surface area contributed by atoms with Crippen molar-refractivity contribution in [2.45, 2.75) is 13.8 Å². The van der Waals surface area contributed by atoms with Crippen LogP contribution in [0.3, 0.4) is 0 Å². The Morgan fingerprint density at radius 1 is 1.25 bits per heavy atom. The van der Waals surface area contributed by atoms with E-state index in [0.29, 0.717) is 5.92 Å². The molecule has 0 aliphatic carbocycles. The highest BCUT2D eigenvalue weighted by Gasteiger charge is 1.99. The summed E-state index contributed by atoms with van der Waals surface area (Å²) in [5.41, 5.74) is 0.918. The van der Waals surface area contributed by atoms with Crippen LogP contribution in [0.4, 0.5) is 0 Å². The second kappa shape index (κ2) is 4.74. The first-order chi connectivity index (χ1) is 7.75. The number of nitrogens with zero attached hydrogens (tertiary/aromatic N) is 4. The van der Waals surface area contributed by atoms with Gasteiger partial charge in [-0.1, -0.05) is 13.8 Å². The number of aromatic nitrogens is 4. The summed E-state index contributed by atoms with van der Waals surface area (Å²) in [5.74, 6) is 1.39. The van der Waals surface area contributed by atoms with E-state index in [4.69, 9.17) is 4.74 Å². The highest BCUT2D eigenvalue weighted by atomic mass is 16.5. The normalized spacial score (nSPS) is 10.7. The van der Waals surface area contributed by atoms with Crippen LogP contribution in [0.5, 0.6) is 5.75 Å². The smallest absolute Gasteiger partial charge is 0.143 e. The highest BCUT2D eigenvalue weighted by Crippen LogP contribution is 2.14. The third kappa shape index (κ3) is 2.56. The third-order valence-corrected chi connectivity index (χ3v) is 2.03. The number of ether oxygens (including phenoxy) is 1. The molecule has 5 nitrogen and oxygen atoms in total. The molecule has 0 saturated heterocycles. The maximum atomic E-state index is 5.58. The minimum atomic E-state index is 0.527. The average Bonchev–Trinajstić information content (AvgIpc) is 2.80. The first kappa shape index (κ1) is 10.6. The van der Waals surface area contributed by atoms with Crippen molar-refractivity contribution in [1.82, 2.24) is 20.2 Å². The molecule has 0 spiro atoms. The first-order valence-corrected chi connectivity index (χ1v) is 5.22. The quantitative estimate of drug-likeness (QED) is 0.783. The maximum Gasteiger partial charge on any atom is 0.143 e. The van der Waals surface area contributed by atoms with Gasteiger partial charge in [0.15, 0.2) is 0 Å². The van der Waals surface area contributed by atoms with E-state index in [2.05, 4.69) is 29.4 Å². The summed E-state index contributed by atoms with van der Waals surface area (Å²) in [7, 11) is 0. The van der Waals surface area contributed by atoms with Gasteiger partial charge in [0.1, 0.15) is 12.1 Å². The zero-order valence-corrected chi connectivity index (χ0v) is 9.37. The van der Waals surface area contributed by atoms with Gasteiger partial charge >= 0.3 is 0 Å². The van der Waals surface area contributed by atoms with Crippen LogP contribution < -0.4 is 4.74 Å². The lowest BCUT2D eigenvalue weighted by molar-refractivity contribution is 0.271. The molecule has 0 radical (unpaired) electrons. The second-order valence-corrected chi connectivity index (χ2v) is 3.95. The molecule has 1 aromatic carbocycles. The lowest BCUT2D eigenvalue weighted by Gasteiger charge is -2.08. The lowest BCUT2D eigenvalue weighted by atomic mass is 10.2. The standard InChI is InChI=1S/C11H14N4O/c1-9(2)7-16-11-5-3-10(4-6-11)15-8-12-13-14-15/h3-6,8-9H,7H2,1-2H3. The van der Waals surface area contributed by atoms with E-state index in [1.54, 1.807) is 11.0 Å². The van der Waals surface area contributed by atoms with Gasteiger partial charge in [-0.2, -0.15) is 0 Å². The predicted octanol–water partition coefficient (Wildman–Crippen LogP) is 1.70. The molecule has 0 bridgehead atoms. The fourth-order valence-electron chi connectivity index (χ4n) is 1.24.